The summed E-state index contributed by atoms with van der Waals surface area (Å²) in [6.45, 7) is 7.44. The number of benzene rings is 1. The molecule has 0 saturated carbocycles. The average Bonchev–Trinajstić information content (AvgIpc) is 2.24. The summed E-state index contributed by atoms with van der Waals surface area (Å²) in [6, 6.07) is 3.72. The Morgan fingerprint density at radius 1 is 1.20 bits per heavy atom. The van der Waals surface area contributed by atoms with Crippen LogP contribution in [0.25, 0.3) is 0 Å². The quantitative estimate of drug-likeness (QED) is 0.758. The minimum atomic E-state index is 0.309. The molecule has 0 heterocycles. The van der Waals surface area contributed by atoms with E-state index in [-0.39, 0.29) is 0 Å². The highest BCUT2D eigenvalue weighted by molar-refractivity contribution is 5.47. The summed E-state index contributed by atoms with van der Waals surface area (Å²) in [5.74, 6) is 1.03. The second-order valence-electron chi connectivity index (χ2n) is 3.40. The van der Waals surface area contributed by atoms with E-state index in [0.717, 1.165) is 16.9 Å². The topological polar surface area (TPSA) is 38.7 Å². The monoisotopic (exact) mass is 210 g/mol. The number of aromatic hydroxyl groups is 1. The zero-order valence-corrected chi connectivity index (χ0v) is 9.54. The molecule has 15 heavy (non-hydrogen) atoms. The summed E-state index contributed by atoms with van der Waals surface area (Å²) >= 11 is 0. The zero-order chi connectivity index (χ0) is 11.3. The maximum Gasteiger partial charge on any atom is 0.126 e. The number of ether oxygens (including phenoxy) is 2. The molecule has 0 aliphatic heterocycles. The molecule has 0 radical (unpaired) electrons. The smallest absolute Gasteiger partial charge is 0.126 e. The molecular formula is C12H18O3. The molecule has 0 unspecified atom stereocenters. The Hall–Kier alpha value is -1.22. The van der Waals surface area contributed by atoms with Gasteiger partial charge in [-0.1, -0.05) is 6.07 Å². The molecule has 0 atom stereocenters. The fourth-order valence-corrected chi connectivity index (χ4v) is 1.33. The van der Waals surface area contributed by atoms with E-state index >= 15 is 0 Å². The SMILES string of the molecule is CCOCCOc1ccc(C)c(O)c1C. The molecular weight excluding hydrogens is 192 g/mol. The lowest BCUT2D eigenvalue weighted by Gasteiger charge is -2.11. The van der Waals surface area contributed by atoms with Crippen LogP contribution in [0.2, 0.25) is 0 Å². The van der Waals surface area contributed by atoms with Gasteiger partial charge in [0.2, 0.25) is 0 Å². The van der Waals surface area contributed by atoms with Gasteiger partial charge in [-0.05, 0) is 32.4 Å². The van der Waals surface area contributed by atoms with Crippen molar-refractivity contribution in [3.05, 3.63) is 23.3 Å². The summed E-state index contributed by atoms with van der Waals surface area (Å²) < 4.78 is 10.7. The first-order valence-electron chi connectivity index (χ1n) is 5.16. The van der Waals surface area contributed by atoms with E-state index in [9.17, 15) is 5.11 Å². The number of rotatable bonds is 5. The van der Waals surface area contributed by atoms with Gasteiger partial charge >= 0.3 is 0 Å². The molecule has 84 valence electrons. The number of phenolic OH excluding ortho intramolecular Hbond substituents is 1. The summed E-state index contributed by atoms with van der Waals surface area (Å²) in [7, 11) is 0. The summed E-state index contributed by atoms with van der Waals surface area (Å²) in [5, 5.41) is 9.68. The van der Waals surface area contributed by atoms with Crippen LogP contribution in [-0.2, 0) is 4.74 Å². The molecule has 1 rings (SSSR count). The van der Waals surface area contributed by atoms with E-state index in [4.69, 9.17) is 9.47 Å². The van der Waals surface area contributed by atoms with Gasteiger partial charge in [-0.15, -0.1) is 0 Å². The van der Waals surface area contributed by atoms with Gasteiger partial charge in [0.1, 0.15) is 18.1 Å². The maximum atomic E-state index is 9.68. The lowest BCUT2D eigenvalue weighted by atomic mass is 10.1. The molecule has 0 spiro atoms. The molecule has 1 N–H and O–H groups in total. The van der Waals surface area contributed by atoms with Crippen molar-refractivity contribution in [3.63, 3.8) is 0 Å². The predicted molar refractivity (Wildman–Crippen MR) is 59.6 cm³/mol. The van der Waals surface area contributed by atoms with E-state index in [1.807, 2.05) is 32.9 Å². The van der Waals surface area contributed by atoms with Crippen LogP contribution in [0.4, 0.5) is 0 Å². The van der Waals surface area contributed by atoms with Crippen molar-refractivity contribution in [2.45, 2.75) is 20.8 Å². The van der Waals surface area contributed by atoms with Crippen molar-refractivity contribution in [2.75, 3.05) is 19.8 Å². The third-order valence-electron chi connectivity index (χ3n) is 2.27. The molecule has 0 saturated heterocycles. The Bertz CT molecular complexity index is 321. The Morgan fingerprint density at radius 2 is 1.93 bits per heavy atom. The van der Waals surface area contributed by atoms with Crippen molar-refractivity contribution in [3.8, 4) is 11.5 Å². The van der Waals surface area contributed by atoms with Gasteiger partial charge in [-0.25, -0.2) is 0 Å². The average molecular weight is 210 g/mol. The third-order valence-corrected chi connectivity index (χ3v) is 2.27. The second kappa shape index (κ2) is 5.61. The fraction of sp³-hybridized carbons (Fsp3) is 0.500. The molecule has 0 fully saturated rings. The third kappa shape index (κ3) is 3.13. The first-order valence-corrected chi connectivity index (χ1v) is 5.16. The first-order chi connectivity index (χ1) is 7.16. The summed E-state index contributed by atoms with van der Waals surface area (Å²) in [6.07, 6.45) is 0. The molecule has 0 aliphatic rings. The highest BCUT2D eigenvalue weighted by Gasteiger charge is 2.06. The molecule has 0 amide bonds. The summed E-state index contributed by atoms with van der Waals surface area (Å²) in [4.78, 5) is 0. The van der Waals surface area contributed by atoms with Gasteiger partial charge < -0.3 is 14.6 Å². The largest absolute Gasteiger partial charge is 0.507 e. The highest BCUT2D eigenvalue weighted by atomic mass is 16.5. The van der Waals surface area contributed by atoms with Crippen LogP contribution in [0.15, 0.2) is 12.1 Å². The molecule has 1 aromatic rings. The number of aryl methyl sites for hydroxylation is 1. The highest BCUT2D eigenvalue weighted by Crippen LogP contribution is 2.29. The fourth-order valence-electron chi connectivity index (χ4n) is 1.33. The number of hydrogen-bond donors (Lipinski definition) is 1. The Labute approximate surface area is 90.6 Å². The molecule has 0 aromatic heterocycles. The van der Waals surface area contributed by atoms with Crippen molar-refractivity contribution in [1.29, 1.82) is 0 Å². The van der Waals surface area contributed by atoms with Crippen LogP contribution < -0.4 is 4.74 Å². The zero-order valence-electron chi connectivity index (χ0n) is 9.54. The Morgan fingerprint density at radius 3 is 2.60 bits per heavy atom. The van der Waals surface area contributed by atoms with Crippen LogP contribution in [0.1, 0.15) is 18.1 Å². The van der Waals surface area contributed by atoms with Crippen LogP contribution in [0.3, 0.4) is 0 Å². The van der Waals surface area contributed by atoms with E-state index in [2.05, 4.69) is 0 Å². The van der Waals surface area contributed by atoms with E-state index in [0.29, 0.717) is 25.6 Å². The number of phenols is 1. The van der Waals surface area contributed by atoms with Gasteiger partial charge in [0, 0.05) is 12.2 Å². The maximum absolute atomic E-state index is 9.68. The molecule has 3 heteroatoms. The van der Waals surface area contributed by atoms with Crippen LogP contribution in [0.5, 0.6) is 11.5 Å². The van der Waals surface area contributed by atoms with Gasteiger partial charge in [0.05, 0.1) is 6.61 Å². The van der Waals surface area contributed by atoms with E-state index < -0.39 is 0 Å². The predicted octanol–water partition coefficient (Wildman–Crippen LogP) is 2.42. The Balaban J connectivity index is 2.58. The van der Waals surface area contributed by atoms with Crippen molar-refractivity contribution < 1.29 is 14.6 Å². The molecule has 1 aromatic carbocycles. The van der Waals surface area contributed by atoms with Crippen molar-refractivity contribution in [1.82, 2.24) is 0 Å². The van der Waals surface area contributed by atoms with Gasteiger partial charge in [-0.2, -0.15) is 0 Å². The molecule has 3 nitrogen and oxygen atoms in total. The van der Waals surface area contributed by atoms with Crippen LogP contribution >= 0.6 is 0 Å². The van der Waals surface area contributed by atoms with Crippen LogP contribution in [0, 0.1) is 13.8 Å². The normalized spacial score (nSPS) is 10.3. The standard InChI is InChI=1S/C12H18O3/c1-4-14-7-8-15-11-6-5-9(2)12(13)10(11)3/h5-6,13H,4,7-8H2,1-3H3. The van der Waals surface area contributed by atoms with Crippen LogP contribution in [-0.4, -0.2) is 24.9 Å². The number of hydrogen-bond acceptors (Lipinski definition) is 3. The van der Waals surface area contributed by atoms with Crippen molar-refractivity contribution in [2.24, 2.45) is 0 Å². The van der Waals surface area contributed by atoms with Gasteiger partial charge in [0.15, 0.2) is 0 Å². The second-order valence-corrected chi connectivity index (χ2v) is 3.40. The Kier molecular flexibility index (Phi) is 4.43. The summed E-state index contributed by atoms with van der Waals surface area (Å²) in [5.41, 5.74) is 1.65. The lowest BCUT2D eigenvalue weighted by Crippen LogP contribution is -2.07. The molecule has 0 bridgehead atoms. The van der Waals surface area contributed by atoms with Crippen molar-refractivity contribution >= 4 is 0 Å². The lowest BCUT2D eigenvalue weighted by molar-refractivity contribution is 0.110. The van der Waals surface area contributed by atoms with E-state index in [1.54, 1.807) is 0 Å². The molecule has 0 aliphatic carbocycles. The van der Waals surface area contributed by atoms with E-state index in [1.165, 1.54) is 0 Å². The van der Waals surface area contributed by atoms with Gasteiger partial charge in [0.25, 0.3) is 0 Å². The van der Waals surface area contributed by atoms with Gasteiger partial charge in [-0.3, -0.25) is 0 Å². The first kappa shape index (κ1) is 11.9. The minimum Gasteiger partial charge on any atom is -0.507 e. The minimum absolute atomic E-state index is 0.309.